The van der Waals surface area contributed by atoms with Crippen LogP contribution in [0.15, 0.2) is 32.9 Å². The summed E-state index contributed by atoms with van der Waals surface area (Å²) in [5, 5.41) is 2.46. The van der Waals surface area contributed by atoms with Crippen LogP contribution < -0.4 is 0 Å². The number of thiol groups is 3. The second-order valence-electron chi connectivity index (χ2n) is 2.63. The molecule has 0 aliphatic carbocycles. The molecular formula is C9H12S9. The molecule has 102 valence electrons. The molecule has 0 aliphatic heterocycles. The normalized spacial score (nSPS) is 10.8. The maximum atomic E-state index is 4.22. The smallest absolute Gasteiger partial charge is 0.0469 e. The lowest BCUT2D eigenvalue weighted by Gasteiger charge is -2.07. The molecule has 0 heterocycles. The van der Waals surface area contributed by atoms with Crippen LogP contribution in [-0.2, 0) is 0 Å². The van der Waals surface area contributed by atoms with Crippen molar-refractivity contribution in [3.8, 4) is 0 Å². The molecule has 1 rings (SSSR count). The van der Waals surface area contributed by atoms with Gasteiger partial charge in [-0.2, -0.15) is 37.9 Å². The third kappa shape index (κ3) is 7.97. The Morgan fingerprint density at radius 3 is 1.11 bits per heavy atom. The molecule has 0 N–H and O–H groups in total. The highest BCUT2D eigenvalue weighted by atomic mass is 33.1. The lowest BCUT2D eigenvalue weighted by molar-refractivity contribution is 1.25. The number of hydrogen-bond acceptors (Lipinski definition) is 9. The van der Waals surface area contributed by atoms with Crippen LogP contribution in [0, 0.1) is 0 Å². The number of benzene rings is 1. The SMILES string of the molecule is SCSSc1cc(SSCS)cc(SSCS)c1. The Morgan fingerprint density at radius 2 is 0.889 bits per heavy atom. The fourth-order valence-electron chi connectivity index (χ4n) is 0.973. The van der Waals surface area contributed by atoms with Crippen molar-refractivity contribution in [1.29, 1.82) is 0 Å². The molecule has 0 fully saturated rings. The summed E-state index contributed by atoms with van der Waals surface area (Å²) in [6.45, 7) is 0. The van der Waals surface area contributed by atoms with Crippen LogP contribution in [-0.4, -0.2) is 15.3 Å². The predicted molar refractivity (Wildman–Crippen MR) is 108 cm³/mol. The van der Waals surface area contributed by atoms with E-state index in [2.05, 4.69) is 56.1 Å². The maximum absolute atomic E-state index is 4.22. The van der Waals surface area contributed by atoms with Gasteiger partial charge in [0.2, 0.25) is 0 Å². The fraction of sp³-hybridized carbons (Fsp3) is 0.333. The van der Waals surface area contributed by atoms with E-state index in [1.807, 2.05) is 0 Å². The summed E-state index contributed by atoms with van der Waals surface area (Å²) in [6, 6.07) is 6.66. The summed E-state index contributed by atoms with van der Waals surface area (Å²) in [5.41, 5.74) is 0. The quantitative estimate of drug-likeness (QED) is 0.238. The Labute approximate surface area is 149 Å². The van der Waals surface area contributed by atoms with Crippen molar-refractivity contribution in [3.63, 3.8) is 0 Å². The van der Waals surface area contributed by atoms with E-state index >= 15 is 0 Å². The van der Waals surface area contributed by atoms with Crippen molar-refractivity contribution in [2.45, 2.75) is 14.7 Å². The molecule has 18 heavy (non-hydrogen) atoms. The van der Waals surface area contributed by atoms with Gasteiger partial charge in [-0.3, -0.25) is 0 Å². The Bertz CT molecular complexity index is 278. The number of hydrogen-bond donors (Lipinski definition) is 3. The van der Waals surface area contributed by atoms with Crippen molar-refractivity contribution >= 4 is 103 Å². The molecule has 0 unspecified atom stereocenters. The Balaban J connectivity index is 2.74. The van der Waals surface area contributed by atoms with Gasteiger partial charge in [0.05, 0.1) is 0 Å². The van der Waals surface area contributed by atoms with Gasteiger partial charge in [0, 0.05) is 29.9 Å². The first-order valence-corrected chi connectivity index (χ1v) is 13.5. The van der Waals surface area contributed by atoms with Crippen molar-refractivity contribution in [2.75, 3.05) is 15.3 Å². The van der Waals surface area contributed by atoms with E-state index in [9.17, 15) is 0 Å². The van der Waals surface area contributed by atoms with Crippen LogP contribution in [0.2, 0.25) is 0 Å². The first-order chi connectivity index (χ1) is 8.80. The van der Waals surface area contributed by atoms with E-state index < -0.39 is 0 Å². The van der Waals surface area contributed by atoms with Gasteiger partial charge in [0.25, 0.3) is 0 Å². The van der Waals surface area contributed by atoms with Crippen LogP contribution >= 0.6 is 103 Å². The second-order valence-corrected chi connectivity index (χ2v) is 12.0. The van der Waals surface area contributed by atoms with Crippen LogP contribution in [0.4, 0.5) is 0 Å². The summed E-state index contributed by atoms with van der Waals surface area (Å²) in [7, 11) is 10.6. The second kappa shape index (κ2) is 12.0. The number of rotatable bonds is 9. The molecule has 0 aliphatic rings. The van der Waals surface area contributed by atoms with Crippen molar-refractivity contribution in [1.82, 2.24) is 0 Å². The van der Waals surface area contributed by atoms with Gasteiger partial charge in [-0.1, -0.05) is 64.8 Å². The first kappa shape index (κ1) is 18.4. The van der Waals surface area contributed by atoms with Crippen LogP contribution in [0.25, 0.3) is 0 Å². The molecule has 0 nitrogen and oxygen atoms in total. The predicted octanol–water partition coefficient (Wildman–Crippen LogP) is 6.57. The standard InChI is InChI=1S/C9H12S9/c10-4-13-16-7-1-8(17-14-5-11)3-9(2-7)18-15-6-12/h1-3,10-12H,4-6H2. The molecule has 1 aromatic rings. The summed E-state index contributed by atoms with van der Waals surface area (Å²) in [6.07, 6.45) is 0. The molecular weight excluding hydrogens is 397 g/mol. The average Bonchev–Trinajstić information content (AvgIpc) is 2.40. The molecule has 0 spiro atoms. The minimum Gasteiger partial charge on any atom is -0.167 e. The third-order valence-electron chi connectivity index (χ3n) is 1.48. The molecule has 1 aromatic carbocycles. The summed E-state index contributed by atoms with van der Waals surface area (Å²) in [5.74, 6) is 0. The van der Waals surface area contributed by atoms with Gasteiger partial charge in [0.15, 0.2) is 0 Å². The van der Waals surface area contributed by atoms with Gasteiger partial charge in [-0.05, 0) is 18.2 Å². The van der Waals surface area contributed by atoms with Gasteiger partial charge in [-0.25, -0.2) is 0 Å². The van der Waals surface area contributed by atoms with Crippen molar-refractivity contribution in [2.24, 2.45) is 0 Å². The fourth-order valence-corrected chi connectivity index (χ4v) is 6.80. The third-order valence-corrected chi connectivity index (χ3v) is 10.0. The lowest BCUT2D eigenvalue weighted by Crippen LogP contribution is -1.76. The van der Waals surface area contributed by atoms with E-state index in [-0.39, 0.29) is 0 Å². The molecule has 0 amide bonds. The minimum atomic E-state index is 0.821. The first-order valence-electron chi connectivity index (χ1n) is 4.66. The topological polar surface area (TPSA) is 0 Å². The van der Waals surface area contributed by atoms with Crippen LogP contribution in [0.3, 0.4) is 0 Å². The van der Waals surface area contributed by atoms with Gasteiger partial charge < -0.3 is 0 Å². The van der Waals surface area contributed by atoms with E-state index in [1.54, 1.807) is 64.8 Å². The van der Waals surface area contributed by atoms with Gasteiger partial charge >= 0.3 is 0 Å². The Kier molecular flexibility index (Phi) is 12.2. The average molecular weight is 409 g/mol. The molecule has 0 atom stereocenters. The monoisotopic (exact) mass is 408 g/mol. The largest absolute Gasteiger partial charge is 0.167 e. The molecule has 9 heteroatoms. The Hall–Kier alpha value is 2.37. The zero-order chi connectivity index (χ0) is 13.2. The van der Waals surface area contributed by atoms with E-state index in [1.165, 1.54) is 14.7 Å². The molecule has 0 saturated carbocycles. The zero-order valence-electron chi connectivity index (χ0n) is 9.14. The summed E-state index contributed by atoms with van der Waals surface area (Å²) in [4.78, 5) is 3.84. The van der Waals surface area contributed by atoms with E-state index in [4.69, 9.17) is 0 Å². The highest BCUT2D eigenvalue weighted by Crippen LogP contribution is 2.42. The van der Waals surface area contributed by atoms with Crippen LogP contribution in [0.5, 0.6) is 0 Å². The van der Waals surface area contributed by atoms with Gasteiger partial charge in [0.1, 0.15) is 0 Å². The minimum absolute atomic E-state index is 0.821. The van der Waals surface area contributed by atoms with Gasteiger partial charge in [-0.15, -0.1) is 0 Å². The van der Waals surface area contributed by atoms with E-state index in [0.717, 1.165) is 15.3 Å². The lowest BCUT2D eigenvalue weighted by atomic mass is 10.4. The summed E-state index contributed by atoms with van der Waals surface area (Å²) >= 11 is 12.7. The highest BCUT2D eigenvalue weighted by Gasteiger charge is 2.04. The molecule has 0 radical (unpaired) electrons. The summed E-state index contributed by atoms with van der Waals surface area (Å²) < 4.78 is 0. The molecule has 0 aromatic heterocycles. The molecule has 0 saturated heterocycles. The molecule has 0 bridgehead atoms. The Morgan fingerprint density at radius 1 is 0.611 bits per heavy atom. The zero-order valence-corrected chi connectivity index (χ0v) is 16.7. The van der Waals surface area contributed by atoms with Crippen molar-refractivity contribution < 1.29 is 0 Å². The highest BCUT2D eigenvalue weighted by molar-refractivity contribution is 8.78. The maximum Gasteiger partial charge on any atom is 0.0469 e. The van der Waals surface area contributed by atoms with E-state index in [0.29, 0.717) is 0 Å². The van der Waals surface area contributed by atoms with Crippen LogP contribution in [0.1, 0.15) is 0 Å². The van der Waals surface area contributed by atoms with Crippen molar-refractivity contribution in [3.05, 3.63) is 18.2 Å².